The molecule has 0 spiro atoms. The summed E-state index contributed by atoms with van der Waals surface area (Å²) in [6, 6.07) is 0.393. The molecule has 0 bridgehead atoms. The average Bonchev–Trinajstić information content (AvgIpc) is 2.86. The van der Waals surface area contributed by atoms with Gasteiger partial charge in [0.1, 0.15) is 4.88 Å². The fourth-order valence-corrected chi connectivity index (χ4v) is 2.81. The van der Waals surface area contributed by atoms with Crippen LogP contribution < -0.4 is 5.32 Å². The van der Waals surface area contributed by atoms with Gasteiger partial charge in [0.05, 0.1) is 11.2 Å². The molecule has 82 valence electrons. The first-order chi connectivity index (χ1) is 7.31. The second-order valence-electron chi connectivity index (χ2n) is 3.94. The van der Waals surface area contributed by atoms with E-state index >= 15 is 0 Å². The van der Waals surface area contributed by atoms with Crippen molar-refractivity contribution in [2.24, 2.45) is 0 Å². The number of carbonyl (C=O) groups excluding carboxylic acids is 1. The molecule has 1 aromatic rings. The average molecular weight is 224 g/mol. The van der Waals surface area contributed by atoms with Crippen LogP contribution in [0.1, 0.15) is 48.0 Å². The van der Waals surface area contributed by atoms with E-state index in [-0.39, 0.29) is 5.91 Å². The van der Waals surface area contributed by atoms with Crippen LogP contribution in [0, 0.1) is 0 Å². The summed E-state index contributed by atoms with van der Waals surface area (Å²) in [5, 5.41) is 3.09. The predicted octanol–water partition coefficient (Wildman–Crippen LogP) is 2.38. The van der Waals surface area contributed by atoms with Crippen LogP contribution in [0.2, 0.25) is 0 Å². The first-order valence-corrected chi connectivity index (χ1v) is 6.42. The zero-order valence-corrected chi connectivity index (χ0v) is 9.77. The minimum atomic E-state index is 0.0706. The normalized spacial score (nSPS) is 16.9. The molecular weight excluding hydrogens is 208 g/mol. The number of hydrogen-bond donors (Lipinski definition) is 1. The van der Waals surface area contributed by atoms with Crippen LogP contribution in [0.3, 0.4) is 0 Å². The quantitative estimate of drug-likeness (QED) is 0.856. The molecule has 1 heterocycles. The molecule has 1 aliphatic rings. The van der Waals surface area contributed by atoms with E-state index in [9.17, 15) is 4.79 Å². The first-order valence-electron chi connectivity index (χ1n) is 5.54. The van der Waals surface area contributed by atoms with Crippen LogP contribution in [0.4, 0.5) is 0 Å². The van der Waals surface area contributed by atoms with Crippen LogP contribution in [0.25, 0.3) is 0 Å². The molecule has 0 aromatic carbocycles. The van der Waals surface area contributed by atoms with E-state index in [1.807, 2.05) is 6.92 Å². The maximum atomic E-state index is 11.9. The number of nitrogens with zero attached hydrogens (tertiary/aromatic N) is 1. The number of aryl methyl sites for hydroxylation is 1. The van der Waals surface area contributed by atoms with Crippen LogP contribution in [-0.4, -0.2) is 16.9 Å². The molecule has 1 amide bonds. The van der Waals surface area contributed by atoms with Crippen molar-refractivity contribution in [3.05, 3.63) is 16.1 Å². The van der Waals surface area contributed by atoms with Gasteiger partial charge in [0.25, 0.3) is 5.91 Å². The molecule has 1 aromatic heterocycles. The highest BCUT2D eigenvalue weighted by molar-refractivity contribution is 7.11. The second kappa shape index (κ2) is 4.75. The summed E-state index contributed by atoms with van der Waals surface area (Å²) in [5.41, 5.74) is 2.68. The zero-order valence-electron chi connectivity index (χ0n) is 8.95. The van der Waals surface area contributed by atoms with Gasteiger partial charge in [-0.1, -0.05) is 19.8 Å². The van der Waals surface area contributed by atoms with Crippen LogP contribution in [0.15, 0.2) is 5.51 Å². The minimum absolute atomic E-state index is 0.0706. The lowest BCUT2D eigenvalue weighted by Gasteiger charge is -2.10. The molecule has 1 aliphatic carbocycles. The summed E-state index contributed by atoms with van der Waals surface area (Å²) < 4.78 is 0. The predicted molar refractivity (Wildman–Crippen MR) is 61.2 cm³/mol. The Morgan fingerprint density at radius 2 is 2.33 bits per heavy atom. The number of thiazole rings is 1. The van der Waals surface area contributed by atoms with Gasteiger partial charge in [-0.3, -0.25) is 4.79 Å². The fraction of sp³-hybridized carbons (Fsp3) is 0.636. The summed E-state index contributed by atoms with van der Waals surface area (Å²) in [6.07, 6.45) is 5.58. The summed E-state index contributed by atoms with van der Waals surface area (Å²) in [4.78, 5) is 16.9. The lowest BCUT2D eigenvalue weighted by Crippen LogP contribution is -2.32. The Hall–Kier alpha value is -0.900. The van der Waals surface area contributed by atoms with E-state index in [2.05, 4.69) is 10.3 Å². The molecule has 2 rings (SSSR count). The minimum Gasteiger partial charge on any atom is -0.349 e. The number of aromatic nitrogens is 1. The summed E-state index contributed by atoms with van der Waals surface area (Å²) in [7, 11) is 0. The number of nitrogens with one attached hydrogen (secondary N) is 1. The molecule has 0 unspecified atom stereocenters. The topological polar surface area (TPSA) is 42.0 Å². The van der Waals surface area contributed by atoms with Crippen molar-refractivity contribution in [1.29, 1.82) is 0 Å². The highest BCUT2D eigenvalue weighted by atomic mass is 32.1. The maximum absolute atomic E-state index is 11.9. The van der Waals surface area contributed by atoms with E-state index in [0.29, 0.717) is 6.04 Å². The Bertz CT molecular complexity index is 342. The number of hydrogen-bond acceptors (Lipinski definition) is 3. The van der Waals surface area contributed by atoms with E-state index in [4.69, 9.17) is 0 Å². The van der Waals surface area contributed by atoms with Gasteiger partial charge in [-0.2, -0.15) is 0 Å². The van der Waals surface area contributed by atoms with E-state index < -0.39 is 0 Å². The Kier molecular flexibility index (Phi) is 3.36. The van der Waals surface area contributed by atoms with Gasteiger partial charge in [0, 0.05) is 6.04 Å². The largest absolute Gasteiger partial charge is 0.349 e. The van der Waals surface area contributed by atoms with Crippen LogP contribution in [0.5, 0.6) is 0 Å². The molecule has 3 nitrogen and oxygen atoms in total. The Balaban J connectivity index is 2.00. The molecule has 1 N–H and O–H groups in total. The van der Waals surface area contributed by atoms with Crippen molar-refractivity contribution in [2.75, 3.05) is 0 Å². The molecule has 1 fully saturated rings. The standard InChI is InChI=1S/C11H16N2OS/c1-2-9-10(15-7-12-9)11(14)13-8-5-3-4-6-8/h7-8H,2-6H2,1H3,(H,13,14). The molecule has 0 saturated heterocycles. The fourth-order valence-electron chi connectivity index (χ4n) is 2.03. The van der Waals surface area contributed by atoms with Gasteiger partial charge < -0.3 is 5.32 Å². The van der Waals surface area contributed by atoms with E-state index in [0.717, 1.165) is 29.8 Å². The lowest BCUT2D eigenvalue weighted by molar-refractivity contribution is 0.0941. The molecule has 0 aliphatic heterocycles. The monoisotopic (exact) mass is 224 g/mol. The van der Waals surface area contributed by atoms with Crippen molar-refractivity contribution >= 4 is 17.2 Å². The van der Waals surface area contributed by atoms with Gasteiger partial charge in [-0.15, -0.1) is 11.3 Å². The van der Waals surface area contributed by atoms with Crippen molar-refractivity contribution in [3.63, 3.8) is 0 Å². The van der Waals surface area contributed by atoms with Crippen LogP contribution >= 0.6 is 11.3 Å². The Labute approximate surface area is 93.9 Å². The van der Waals surface area contributed by atoms with Gasteiger partial charge >= 0.3 is 0 Å². The molecule has 0 atom stereocenters. The molecule has 15 heavy (non-hydrogen) atoms. The third-order valence-electron chi connectivity index (χ3n) is 2.87. The van der Waals surface area contributed by atoms with Crippen LogP contribution in [-0.2, 0) is 6.42 Å². The van der Waals surface area contributed by atoms with Gasteiger partial charge in [0.2, 0.25) is 0 Å². The molecule has 1 saturated carbocycles. The van der Waals surface area contributed by atoms with Crippen molar-refractivity contribution in [3.8, 4) is 0 Å². The van der Waals surface area contributed by atoms with Crippen molar-refractivity contribution < 1.29 is 4.79 Å². The van der Waals surface area contributed by atoms with E-state index in [1.165, 1.54) is 24.2 Å². The highest BCUT2D eigenvalue weighted by Gasteiger charge is 2.20. The van der Waals surface area contributed by atoms with Gasteiger partial charge in [-0.05, 0) is 19.3 Å². The Morgan fingerprint density at radius 1 is 1.60 bits per heavy atom. The lowest BCUT2D eigenvalue weighted by atomic mass is 10.2. The molecule has 0 radical (unpaired) electrons. The number of amides is 1. The molecule has 4 heteroatoms. The number of carbonyl (C=O) groups is 1. The zero-order chi connectivity index (χ0) is 10.7. The van der Waals surface area contributed by atoms with Gasteiger partial charge in [-0.25, -0.2) is 4.98 Å². The van der Waals surface area contributed by atoms with E-state index in [1.54, 1.807) is 5.51 Å². The van der Waals surface area contributed by atoms with Crippen molar-refractivity contribution in [1.82, 2.24) is 10.3 Å². The summed E-state index contributed by atoms with van der Waals surface area (Å²) in [6.45, 7) is 2.03. The second-order valence-corrected chi connectivity index (χ2v) is 4.79. The van der Waals surface area contributed by atoms with Gasteiger partial charge in [0.15, 0.2) is 0 Å². The molecular formula is C11H16N2OS. The summed E-state index contributed by atoms with van der Waals surface area (Å²) in [5.74, 6) is 0.0706. The SMILES string of the molecule is CCc1ncsc1C(=O)NC1CCCC1. The maximum Gasteiger partial charge on any atom is 0.263 e. The summed E-state index contributed by atoms with van der Waals surface area (Å²) >= 11 is 1.44. The number of rotatable bonds is 3. The van der Waals surface area contributed by atoms with Crippen molar-refractivity contribution in [2.45, 2.75) is 45.1 Å². The third kappa shape index (κ3) is 2.37. The highest BCUT2D eigenvalue weighted by Crippen LogP contribution is 2.20. The smallest absolute Gasteiger partial charge is 0.263 e. The first kappa shape index (κ1) is 10.6. The third-order valence-corrected chi connectivity index (χ3v) is 3.74. The Morgan fingerprint density at radius 3 is 3.00 bits per heavy atom.